The molecular formula is C7H13NO9P2. The molecule has 0 radical (unpaired) electrons. The first-order valence-electron chi connectivity index (χ1n) is 4.91. The Morgan fingerprint density at radius 1 is 1.32 bits per heavy atom. The standard InChI is InChI=1S/C7H13NO9P2/c1-2-16-6-5(8-4-17-6)3-7(9,18(10,11)12)19(13,14)15/h4,9H,2-3H2,1H3,(H2,10,11,12)(H2,13,14,15). The van der Waals surface area contributed by atoms with Gasteiger partial charge in [0.25, 0.3) is 5.08 Å². The molecule has 0 aliphatic heterocycles. The summed E-state index contributed by atoms with van der Waals surface area (Å²) in [6.45, 7) is 1.72. The van der Waals surface area contributed by atoms with Crippen molar-refractivity contribution in [1.82, 2.24) is 4.98 Å². The second-order valence-electron chi connectivity index (χ2n) is 3.56. The van der Waals surface area contributed by atoms with E-state index in [1.54, 1.807) is 6.92 Å². The van der Waals surface area contributed by atoms with Crippen LogP contribution in [0.1, 0.15) is 12.6 Å². The van der Waals surface area contributed by atoms with Gasteiger partial charge < -0.3 is 33.8 Å². The zero-order valence-corrected chi connectivity index (χ0v) is 11.5. The molecule has 1 aromatic rings. The van der Waals surface area contributed by atoms with Crippen LogP contribution in [0, 0.1) is 0 Å². The van der Waals surface area contributed by atoms with Gasteiger partial charge in [-0.3, -0.25) is 9.13 Å². The van der Waals surface area contributed by atoms with Gasteiger partial charge in [0, 0.05) is 6.42 Å². The van der Waals surface area contributed by atoms with Crippen molar-refractivity contribution in [3.05, 3.63) is 12.1 Å². The number of ether oxygens (including phenoxy) is 1. The van der Waals surface area contributed by atoms with Crippen molar-refractivity contribution in [3.63, 3.8) is 0 Å². The summed E-state index contributed by atoms with van der Waals surface area (Å²) < 4.78 is 31.9. The summed E-state index contributed by atoms with van der Waals surface area (Å²) in [4.78, 5) is 39.4. The fourth-order valence-electron chi connectivity index (χ4n) is 1.23. The molecule has 1 heterocycles. The van der Waals surface area contributed by atoms with E-state index in [1.165, 1.54) is 0 Å². The second-order valence-corrected chi connectivity index (χ2v) is 7.57. The Hall–Kier alpha value is -0.730. The third-order valence-electron chi connectivity index (χ3n) is 2.22. The Morgan fingerprint density at radius 2 is 1.84 bits per heavy atom. The van der Waals surface area contributed by atoms with Crippen LogP contribution in [-0.2, 0) is 15.6 Å². The number of nitrogens with zero attached hydrogens (tertiary/aromatic N) is 1. The van der Waals surface area contributed by atoms with E-state index in [0.717, 1.165) is 6.39 Å². The highest BCUT2D eigenvalue weighted by Crippen LogP contribution is 2.68. The maximum atomic E-state index is 11.1. The van der Waals surface area contributed by atoms with Crippen LogP contribution in [0.15, 0.2) is 10.8 Å². The van der Waals surface area contributed by atoms with E-state index in [2.05, 4.69) is 4.98 Å². The van der Waals surface area contributed by atoms with E-state index in [9.17, 15) is 14.2 Å². The highest BCUT2D eigenvalue weighted by Gasteiger charge is 2.60. The largest absolute Gasteiger partial charge is 0.464 e. The Labute approximate surface area is 107 Å². The van der Waals surface area contributed by atoms with Crippen LogP contribution in [0.2, 0.25) is 0 Å². The number of rotatable bonds is 6. The lowest BCUT2D eigenvalue weighted by Gasteiger charge is -2.28. The maximum absolute atomic E-state index is 11.1. The van der Waals surface area contributed by atoms with Crippen molar-refractivity contribution >= 4 is 15.2 Å². The molecule has 0 amide bonds. The van der Waals surface area contributed by atoms with Crippen molar-refractivity contribution in [2.45, 2.75) is 18.4 Å². The van der Waals surface area contributed by atoms with Crippen LogP contribution in [0.25, 0.3) is 0 Å². The topological polar surface area (TPSA) is 171 Å². The van der Waals surface area contributed by atoms with Gasteiger partial charge in [-0.05, 0) is 6.92 Å². The van der Waals surface area contributed by atoms with Crippen LogP contribution < -0.4 is 4.74 Å². The first kappa shape index (κ1) is 16.3. The Bertz CT molecular complexity index is 506. The van der Waals surface area contributed by atoms with Crippen LogP contribution >= 0.6 is 15.2 Å². The van der Waals surface area contributed by atoms with Crippen LogP contribution in [-0.4, -0.2) is 41.4 Å². The normalized spacial score (nSPS) is 13.6. The van der Waals surface area contributed by atoms with Crippen molar-refractivity contribution in [2.24, 2.45) is 0 Å². The third kappa shape index (κ3) is 3.24. The van der Waals surface area contributed by atoms with Gasteiger partial charge in [0.2, 0.25) is 0 Å². The minimum atomic E-state index is -5.53. The van der Waals surface area contributed by atoms with Gasteiger partial charge in [-0.1, -0.05) is 0 Å². The molecule has 0 aliphatic carbocycles. The first-order chi connectivity index (χ1) is 8.53. The van der Waals surface area contributed by atoms with E-state index in [0.29, 0.717) is 0 Å². The van der Waals surface area contributed by atoms with Gasteiger partial charge in [0.15, 0.2) is 6.39 Å². The highest BCUT2D eigenvalue weighted by atomic mass is 31.2. The van der Waals surface area contributed by atoms with Crippen LogP contribution in [0.3, 0.4) is 0 Å². The molecule has 12 heteroatoms. The molecule has 0 aliphatic rings. The Balaban J connectivity index is 3.20. The molecule has 0 aromatic carbocycles. The molecule has 0 atom stereocenters. The fourth-order valence-corrected chi connectivity index (χ4v) is 3.29. The van der Waals surface area contributed by atoms with E-state index in [4.69, 9.17) is 28.7 Å². The zero-order valence-electron chi connectivity index (χ0n) is 9.70. The molecule has 0 saturated heterocycles. The SMILES string of the molecule is CCOc1ocnc1CC(O)(P(=O)(O)O)P(=O)(O)O. The molecule has 0 fully saturated rings. The average molecular weight is 317 g/mol. The summed E-state index contributed by atoms with van der Waals surface area (Å²) in [5.74, 6) is -0.275. The summed E-state index contributed by atoms with van der Waals surface area (Å²) >= 11 is 0. The van der Waals surface area contributed by atoms with Gasteiger partial charge in [0.1, 0.15) is 5.69 Å². The lowest BCUT2D eigenvalue weighted by Crippen LogP contribution is -2.31. The molecule has 110 valence electrons. The monoisotopic (exact) mass is 317 g/mol. The second kappa shape index (κ2) is 5.34. The van der Waals surface area contributed by atoms with E-state index in [1.807, 2.05) is 0 Å². The van der Waals surface area contributed by atoms with Crippen molar-refractivity contribution in [3.8, 4) is 5.95 Å². The molecule has 1 aromatic heterocycles. The zero-order chi connectivity index (χ0) is 14.9. The van der Waals surface area contributed by atoms with Gasteiger partial charge in [0.05, 0.1) is 6.61 Å². The molecule has 0 bridgehead atoms. The van der Waals surface area contributed by atoms with Gasteiger partial charge in [-0.15, -0.1) is 0 Å². The molecule has 19 heavy (non-hydrogen) atoms. The maximum Gasteiger partial charge on any atom is 0.369 e. The smallest absolute Gasteiger partial charge is 0.369 e. The summed E-state index contributed by atoms with van der Waals surface area (Å²) in [6, 6.07) is 0. The molecule has 0 spiro atoms. The predicted octanol–water partition coefficient (Wildman–Crippen LogP) is -0.383. The van der Waals surface area contributed by atoms with E-state index < -0.39 is 26.7 Å². The summed E-state index contributed by atoms with van der Waals surface area (Å²) in [5, 5.41) is 6.10. The number of aliphatic hydroxyl groups is 1. The third-order valence-corrected chi connectivity index (χ3v) is 5.96. The number of hydrogen-bond donors (Lipinski definition) is 5. The van der Waals surface area contributed by atoms with Crippen molar-refractivity contribution in [1.29, 1.82) is 0 Å². The van der Waals surface area contributed by atoms with Crippen molar-refractivity contribution in [2.75, 3.05) is 6.61 Å². The Morgan fingerprint density at radius 3 is 2.26 bits per heavy atom. The predicted molar refractivity (Wildman–Crippen MR) is 60.4 cm³/mol. The summed E-state index contributed by atoms with van der Waals surface area (Å²) in [7, 11) is -11.1. The fraction of sp³-hybridized carbons (Fsp3) is 0.571. The van der Waals surface area contributed by atoms with Crippen molar-refractivity contribution < 1.29 is 43.0 Å². The van der Waals surface area contributed by atoms with Crippen LogP contribution in [0.5, 0.6) is 5.95 Å². The summed E-state index contributed by atoms with van der Waals surface area (Å²) in [5.41, 5.74) is -0.309. The van der Waals surface area contributed by atoms with E-state index in [-0.39, 0.29) is 18.2 Å². The lowest BCUT2D eigenvalue weighted by molar-refractivity contribution is 0.128. The van der Waals surface area contributed by atoms with Gasteiger partial charge >= 0.3 is 21.1 Å². The molecule has 1 rings (SSSR count). The number of hydrogen-bond acceptors (Lipinski definition) is 6. The number of oxazole rings is 1. The average Bonchev–Trinajstić information content (AvgIpc) is 2.63. The minimum absolute atomic E-state index is 0.131. The van der Waals surface area contributed by atoms with Gasteiger partial charge in [-0.25, -0.2) is 4.98 Å². The molecule has 10 nitrogen and oxygen atoms in total. The quantitative estimate of drug-likeness (QED) is 0.435. The Kier molecular flexibility index (Phi) is 4.58. The lowest BCUT2D eigenvalue weighted by atomic mass is 10.3. The van der Waals surface area contributed by atoms with Crippen LogP contribution in [0.4, 0.5) is 0 Å². The molecule has 0 unspecified atom stereocenters. The van der Waals surface area contributed by atoms with E-state index >= 15 is 0 Å². The molecule has 5 N–H and O–H groups in total. The molecule has 0 saturated carbocycles. The summed E-state index contributed by atoms with van der Waals surface area (Å²) in [6.07, 6.45) is -0.256. The molecular weight excluding hydrogens is 304 g/mol. The minimum Gasteiger partial charge on any atom is -0.464 e. The highest BCUT2D eigenvalue weighted by molar-refractivity contribution is 7.72. The first-order valence-corrected chi connectivity index (χ1v) is 8.14. The number of aromatic nitrogens is 1. The van der Waals surface area contributed by atoms with Gasteiger partial charge in [-0.2, -0.15) is 0 Å².